The van der Waals surface area contributed by atoms with Gasteiger partial charge in [-0.25, -0.2) is 0 Å². The Hall–Kier alpha value is -0.910. The number of amides is 1. The predicted molar refractivity (Wildman–Crippen MR) is 71.6 cm³/mol. The number of unbranched alkanes of at least 4 members (excludes halogenated alkanes) is 1. The van der Waals surface area contributed by atoms with E-state index in [0.29, 0.717) is 13.0 Å². The minimum absolute atomic E-state index is 0.135. The second kappa shape index (κ2) is 10.1. The van der Waals surface area contributed by atoms with Crippen LogP contribution >= 0.6 is 0 Å². The molecule has 0 radical (unpaired) electrons. The van der Waals surface area contributed by atoms with Crippen LogP contribution in [0.25, 0.3) is 0 Å². The zero-order valence-corrected chi connectivity index (χ0v) is 12.2. The highest BCUT2D eigenvalue weighted by Crippen LogP contribution is 2.10. The van der Waals surface area contributed by atoms with Gasteiger partial charge >= 0.3 is 5.97 Å². The van der Waals surface area contributed by atoms with Gasteiger partial charge in [0.05, 0.1) is 7.11 Å². The predicted octanol–water partition coefficient (Wildman–Crippen LogP) is 0.993. The first kappa shape index (κ1) is 17.1. The fourth-order valence-corrected chi connectivity index (χ4v) is 2.72. The molecule has 18 heavy (non-hydrogen) atoms. The molecule has 0 aromatic heterocycles. The molecular formula is C12H23NO4S. The fraction of sp³-hybridized carbons (Fsp3) is 0.833. The van der Waals surface area contributed by atoms with Crippen LogP contribution in [0.2, 0.25) is 0 Å². The van der Waals surface area contributed by atoms with Crippen molar-refractivity contribution in [1.29, 1.82) is 0 Å². The number of methoxy groups -OCH3 is 1. The Labute approximate surface area is 111 Å². The van der Waals surface area contributed by atoms with Gasteiger partial charge in [0.15, 0.2) is 0 Å². The second-order valence-electron chi connectivity index (χ2n) is 4.03. The van der Waals surface area contributed by atoms with E-state index in [1.807, 2.05) is 13.8 Å². The highest BCUT2D eigenvalue weighted by molar-refractivity contribution is 7.87. The van der Waals surface area contributed by atoms with Crippen LogP contribution in [-0.2, 0) is 25.1 Å². The van der Waals surface area contributed by atoms with Crippen molar-refractivity contribution in [1.82, 2.24) is 5.32 Å². The third-order valence-electron chi connectivity index (χ3n) is 2.45. The van der Waals surface area contributed by atoms with Crippen LogP contribution in [0.15, 0.2) is 0 Å². The maximum absolute atomic E-state index is 12.0. The van der Waals surface area contributed by atoms with Crippen molar-refractivity contribution in [2.24, 2.45) is 0 Å². The summed E-state index contributed by atoms with van der Waals surface area (Å²) in [6.07, 6.45) is 3.03. The molecule has 1 amide bonds. The average molecular weight is 277 g/mol. The van der Waals surface area contributed by atoms with E-state index in [1.165, 1.54) is 7.11 Å². The third-order valence-corrected chi connectivity index (χ3v) is 4.06. The Morgan fingerprint density at radius 1 is 1.28 bits per heavy atom. The maximum atomic E-state index is 12.0. The number of nitrogens with one attached hydrogen (secondary N) is 1. The van der Waals surface area contributed by atoms with Crippen LogP contribution < -0.4 is 5.32 Å². The Morgan fingerprint density at radius 3 is 2.44 bits per heavy atom. The van der Waals surface area contributed by atoms with Crippen molar-refractivity contribution in [2.45, 2.75) is 44.8 Å². The van der Waals surface area contributed by atoms with Crippen LogP contribution in [0, 0.1) is 0 Å². The summed E-state index contributed by atoms with van der Waals surface area (Å²) in [7, 11) is -0.236. The second-order valence-corrected chi connectivity index (χ2v) is 5.65. The first-order valence-corrected chi connectivity index (χ1v) is 7.66. The molecule has 0 aliphatic rings. The van der Waals surface area contributed by atoms with Gasteiger partial charge in [-0.1, -0.05) is 26.7 Å². The number of carbonyl (C=O) groups is 2. The number of hydrogen-bond donors (Lipinski definition) is 1. The monoisotopic (exact) mass is 277 g/mol. The zero-order chi connectivity index (χ0) is 14.0. The van der Waals surface area contributed by atoms with Gasteiger partial charge in [0.1, 0.15) is 11.0 Å². The lowest BCUT2D eigenvalue weighted by Crippen LogP contribution is -2.35. The van der Waals surface area contributed by atoms with E-state index in [9.17, 15) is 13.8 Å². The smallest absolute Gasteiger partial charge is 0.321 e. The summed E-state index contributed by atoms with van der Waals surface area (Å²) in [5.41, 5.74) is 0. The van der Waals surface area contributed by atoms with E-state index in [2.05, 4.69) is 10.1 Å². The topological polar surface area (TPSA) is 72.5 Å². The van der Waals surface area contributed by atoms with Crippen molar-refractivity contribution >= 4 is 22.7 Å². The standard InChI is InChI=1S/C12H23NO4S/c1-4-6-7-10(12(15)17-3)18(16)9-11(14)13-8-5-2/h10H,4-9H2,1-3H3,(H,13,14). The molecule has 5 nitrogen and oxygen atoms in total. The highest BCUT2D eigenvalue weighted by Gasteiger charge is 2.26. The molecule has 0 heterocycles. The number of hydrogen-bond acceptors (Lipinski definition) is 4. The zero-order valence-electron chi connectivity index (χ0n) is 11.4. The largest absolute Gasteiger partial charge is 0.468 e. The Bertz CT molecular complexity index is 294. The Balaban J connectivity index is 4.36. The van der Waals surface area contributed by atoms with Gasteiger partial charge in [-0.2, -0.15) is 0 Å². The van der Waals surface area contributed by atoms with Gasteiger partial charge < -0.3 is 10.1 Å². The molecule has 1 N–H and O–H groups in total. The summed E-state index contributed by atoms with van der Waals surface area (Å²) in [5, 5.41) is 1.95. The summed E-state index contributed by atoms with van der Waals surface area (Å²) >= 11 is 0. The van der Waals surface area contributed by atoms with E-state index in [1.54, 1.807) is 0 Å². The van der Waals surface area contributed by atoms with E-state index < -0.39 is 22.0 Å². The summed E-state index contributed by atoms with van der Waals surface area (Å²) < 4.78 is 16.6. The Kier molecular flexibility index (Phi) is 9.55. The van der Waals surface area contributed by atoms with Crippen LogP contribution in [0.4, 0.5) is 0 Å². The van der Waals surface area contributed by atoms with Crippen molar-refractivity contribution in [3.8, 4) is 0 Å². The van der Waals surface area contributed by atoms with Crippen LogP contribution in [0.3, 0.4) is 0 Å². The van der Waals surface area contributed by atoms with Gasteiger partial charge in [-0.3, -0.25) is 13.8 Å². The molecule has 2 unspecified atom stereocenters. The molecule has 0 bridgehead atoms. The van der Waals surface area contributed by atoms with Gasteiger partial charge in [0, 0.05) is 17.3 Å². The fourth-order valence-electron chi connectivity index (χ4n) is 1.42. The molecule has 0 aliphatic heterocycles. The molecular weight excluding hydrogens is 254 g/mol. The molecule has 0 fully saturated rings. The molecule has 0 aliphatic carbocycles. The Morgan fingerprint density at radius 2 is 1.94 bits per heavy atom. The first-order valence-electron chi connectivity index (χ1n) is 6.28. The van der Waals surface area contributed by atoms with Crippen LogP contribution in [-0.4, -0.2) is 40.7 Å². The highest BCUT2D eigenvalue weighted by atomic mass is 32.2. The number of carbonyl (C=O) groups excluding carboxylic acids is 2. The molecule has 0 saturated heterocycles. The van der Waals surface area contributed by atoms with Gasteiger partial charge in [-0.15, -0.1) is 0 Å². The van der Waals surface area contributed by atoms with Gasteiger partial charge in [-0.05, 0) is 12.8 Å². The quantitative estimate of drug-likeness (QED) is 0.638. The van der Waals surface area contributed by atoms with E-state index in [4.69, 9.17) is 0 Å². The SMILES string of the molecule is CCCCC(C(=O)OC)S(=O)CC(=O)NCCC. The summed E-state index contributed by atoms with van der Waals surface area (Å²) in [5.74, 6) is -0.908. The number of ether oxygens (including phenoxy) is 1. The molecule has 6 heteroatoms. The molecule has 0 rings (SSSR count). The van der Waals surface area contributed by atoms with E-state index >= 15 is 0 Å². The molecule has 106 valence electrons. The summed E-state index contributed by atoms with van der Waals surface area (Å²) in [6, 6.07) is 0. The minimum Gasteiger partial charge on any atom is -0.468 e. The average Bonchev–Trinajstić information content (AvgIpc) is 2.36. The van der Waals surface area contributed by atoms with Crippen molar-refractivity contribution in [2.75, 3.05) is 19.4 Å². The number of rotatable bonds is 9. The molecule has 0 spiro atoms. The van der Waals surface area contributed by atoms with Crippen molar-refractivity contribution in [3.63, 3.8) is 0 Å². The normalized spacial score (nSPS) is 13.7. The van der Waals surface area contributed by atoms with Gasteiger partial charge in [0.25, 0.3) is 0 Å². The molecule has 0 saturated carbocycles. The van der Waals surface area contributed by atoms with Crippen molar-refractivity contribution in [3.05, 3.63) is 0 Å². The van der Waals surface area contributed by atoms with Gasteiger partial charge in [0.2, 0.25) is 5.91 Å². The van der Waals surface area contributed by atoms with Crippen LogP contribution in [0.5, 0.6) is 0 Å². The summed E-state index contributed by atoms with van der Waals surface area (Å²) in [6.45, 7) is 4.49. The van der Waals surface area contributed by atoms with E-state index in [-0.39, 0.29) is 11.7 Å². The third kappa shape index (κ3) is 6.74. The first-order chi connectivity index (χ1) is 8.56. The lowest BCUT2D eigenvalue weighted by Gasteiger charge is -2.13. The molecule has 0 aromatic rings. The molecule has 0 aromatic carbocycles. The maximum Gasteiger partial charge on any atom is 0.321 e. The molecule has 2 atom stereocenters. The van der Waals surface area contributed by atoms with E-state index in [0.717, 1.165) is 19.3 Å². The lowest BCUT2D eigenvalue weighted by molar-refractivity contribution is -0.140. The lowest BCUT2D eigenvalue weighted by atomic mass is 10.2. The minimum atomic E-state index is -1.51. The van der Waals surface area contributed by atoms with Crippen LogP contribution in [0.1, 0.15) is 39.5 Å². The number of esters is 1. The van der Waals surface area contributed by atoms with Crippen molar-refractivity contribution < 1.29 is 18.5 Å². The summed E-state index contributed by atoms with van der Waals surface area (Å²) in [4.78, 5) is 23.0.